The highest BCUT2D eigenvalue weighted by molar-refractivity contribution is 5.69. The van der Waals surface area contributed by atoms with E-state index < -0.39 is 4.92 Å². The van der Waals surface area contributed by atoms with Gasteiger partial charge in [0.05, 0.1) is 21.9 Å². The van der Waals surface area contributed by atoms with E-state index >= 15 is 0 Å². The van der Waals surface area contributed by atoms with Crippen LogP contribution in [0.5, 0.6) is 0 Å². The third-order valence-electron chi connectivity index (χ3n) is 3.84. The first-order valence-corrected chi connectivity index (χ1v) is 8.52. The monoisotopic (exact) mass is 364 g/mol. The lowest BCUT2D eigenvalue weighted by Crippen LogP contribution is -2.13. The molecule has 0 aliphatic heterocycles. The second-order valence-corrected chi connectivity index (χ2v) is 6.31. The predicted molar refractivity (Wildman–Crippen MR) is 105 cm³/mol. The van der Waals surface area contributed by atoms with E-state index in [1.165, 1.54) is 6.07 Å². The zero-order valence-corrected chi connectivity index (χ0v) is 15.3. The van der Waals surface area contributed by atoms with Gasteiger partial charge >= 0.3 is 0 Å². The van der Waals surface area contributed by atoms with Gasteiger partial charge < -0.3 is 10.6 Å². The van der Waals surface area contributed by atoms with E-state index in [1.807, 2.05) is 32.0 Å². The Balaban J connectivity index is 2.02. The number of anilines is 3. The van der Waals surface area contributed by atoms with E-state index in [9.17, 15) is 10.1 Å². The molecule has 8 nitrogen and oxygen atoms in total. The lowest BCUT2D eigenvalue weighted by atomic mass is 10.1. The minimum Gasteiger partial charge on any atom is -0.352 e. The quantitative estimate of drug-likeness (QED) is 0.495. The molecule has 2 heterocycles. The van der Waals surface area contributed by atoms with Crippen LogP contribution >= 0.6 is 0 Å². The minimum atomic E-state index is -0.397. The number of aromatic nitrogens is 3. The summed E-state index contributed by atoms with van der Waals surface area (Å²) in [4.78, 5) is 24.1. The van der Waals surface area contributed by atoms with E-state index in [4.69, 9.17) is 0 Å². The van der Waals surface area contributed by atoms with E-state index in [0.29, 0.717) is 34.4 Å². The molecule has 138 valence electrons. The topological polar surface area (TPSA) is 106 Å². The smallest absolute Gasteiger partial charge is 0.274 e. The van der Waals surface area contributed by atoms with Gasteiger partial charge in [-0.3, -0.25) is 15.1 Å². The van der Waals surface area contributed by atoms with Crippen molar-refractivity contribution in [3.05, 3.63) is 64.3 Å². The number of nitro benzene ring substituents is 1. The van der Waals surface area contributed by atoms with Crippen molar-refractivity contribution in [2.45, 2.75) is 26.8 Å². The fourth-order valence-electron chi connectivity index (χ4n) is 2.57. The molecule has 1 aromatic carbocycles. The van der Waals surface area contributed by atoms with Gasteiger partial charge in [-0.05, 0) is 39.0 Å². The Morgan fingerprint density at radius 1 is 1.07 bits per heavy atom. The van der Waals surface area contributed by atoms with Gasteiger partial charge in [0.2, 0.25) is 5.95 Å². The molecule has 0 aliphatic rings. The normalized spacial score (nSPS) is 10.7. The van der Waals surface area contributed by atoms with Gasteiger partial charge in [0.25, 0.3) is 5.69 Å². The number of hydrogen-bond acceptors (Lipinski definition) is 7. The summed E-state index contributed by atoms with van der Waals surface area (Å²) < 4.78 is 0. The summed E-state index contributed by atoms with van der Waals surface area (Å²) in [6, 6.07) is 12.4. The van der Waals surface area contributed by atoms with Crippen LogP contribution in [-0.2, 0) is 0 Å². The molecule has 0 radical (unpaired) electrons. The minimum absolute atomic E-state index is 0.0551. The Bertz CT molecular complexity index is 960. The molecular formula is C19H20N6O2. The van der Waals surface area contributed by atoms with Gasteiger partial charge in [0.1, 0.15) is 5.82 Å². The molecule has 0 spiro atoms. The Morgan fingerprint density at radius 3 is 2.56 bits per heavy atom. The maximum Gasteiger partial charge on any atom is 0.274 e. The van der Waals surface area contributed by atoms with Crippen LogP contribution in [0.1, 0.15) is 19.4 Å². The highest BCUT2D eigenvalue weighted by Crippen LogP contribution is 2.28. The summed E-state index contributed by atoms with van der Waals surface area (Å²) in [6.07, 6.45) is 1.70. The summed E-state index contributed by atoms with van der Waals surface area (Å²) in [5, 5.41) is 17.5. The van der Waals surface area contributed by atoms with E-state index in [2.05, 4.69) is 25.6 Å². The first-order valence-electron chi connectivity index (χ1n) is 8.52. The van der Waals surface area contributed by atoms with E-state index in [0.717, 1.165) is 0 Å². The van der Waals surface area contributed by atoms with Crippen molar-refractivity contribution >= 4 is 23.1 Å². The maximum atomic E-state index is 11.2. The zero-order valence-electron chi connectivity index (χ0n) is 15.3. The van der Waals surface area contributed by atoms with Crippen LogP contribution in [-0.4, -0.2) is 25.9 Å². The number of pyridine rings is 1. The van der Waals surface area contributed by atoms with Gasteiger partial charge in [-0.1, -0.05) is 12.1 Å². The van der Waals surface area contributed by atoms with Crippen molar-refractivity contribution in [2.75, 3.05) is 10.6 Å². The van der Waals surface area contributed by atoms with Gasteiger partial charge in [-0.25, -0.2) is 4.98 Å². The van der Waals surface area contributed by atoms with Crippen LogP contribution in [0.2, 0.25) is 0 Å². The standard InChI is InChI=1S/C19H20N6O2/c1-12(2)21-19-23-16(15-7-4-5-10-20-15)11-18(24-19)22-14-8-6-9-17(13(14)3)25(26)27/h4-12H,1-3H3,(H2,21,22,23,24). The molecule has 2 aromatic heterocycles. The van der Waals surface area contributed by atoms with Crippen molar-refractivity contribution in [3.8, 4) is 11.4 Å². The second-order valence-electron chi connectivity index (χ2n) is 6.31. The van der Waals surface area contributed by atoms with Gasteiger partial charge in [0.15, 0.2) is 0 Å². The number of benzene rings is 1. The molecule has 2 N–H and O–H groups in total. The Kier molecular flexibility index (Phi) is 5.25. The summed E-state index contributed by atoms with van der Waals surface area (Å²) in [6.45, 7) is 5.69. The van der Waals surface area contributed by atoms with Crippen molar-refractivity contribution < 1.29 is 4.92 Å². The number of nitrogens with zero attached hydrogens (tertiary/aromatic N) is 4. The van der Waals surface area contributed by atoms with Crippen LogP contribution in [0.25, 0.3) is 11.4 Å². The van der Waals surface area contributed by atoms with E-state index in [-0.39, 0.29) is 11.7 Å². The van der Waals surface area contributed by atoms with Crippen molar-refractivity contribution in [3.63, 3.8) is 0 Å². The average Bonchev–Trinajstić information content (AvgIpc) is 2.63. The highest BCUT2D eigenvalue weighted by Gasteiger charge is 2.15. The molecular weight excluding hydrogens is 344 g/mol. The SMILES string of the molecule is Cc1c(Nc2cc(-c3ccccn3)nc(NC(C)C)n2)cccc1[N+](=O)[O-]. The molecule has 3 rings (SSSR count). The molecule has 3 aromatic rings. The average molecular weight is 364 g/mol. The Morgan fingerprint density at radius 2 is 1.89 bits per heavy atom. The molecule has 0 fully saturated rings. The van der Waals surface area contributed by atoms with E-state index in [1.54, 1.807) is 31.3 Å². The summed E-state index contributed by atoms with van der Waals surface area (Å²) >= 11 is 0. The highest BCUT2D eigenvalue weighted by atomic mass is 16.6. The molecule has 0 unspecified atom stereocenters. The summed E-state index contributed by atoms with van der Waals surface area (Å²) in [5.41, 5.74) is 2.58. The summed E-state index contributed by atoms with van der Waals surface area (Å²) in [5.74, 6) is 0.983. The van der Waals surface area contributed by atoms with Crippen LogP contribution in [0, 0.1) is 17.0 Å². The van der Waals surface area contributed by atoms with Gasteiger partial charge in [-0.2, -0.15) is 4.98 Å². The first kappa shape index (κ1) is 18.2. The third-order valence-corrected chi connectivity index (χ3v) is 3.84. The van der Waals surface area contributed by atoms with Crippen LogP contribution < -0.4 is 10.6 Å². The first-order chi connectivity index (χ1) is 12.9. The molecule has 0 saturated heterocycles. The number of hydrogen-bond donors (Lipinski definition) is 2. The lowest BCUT2D eigenvalue weighted by Gasteiger charge is -2.14. The Labute approximate surface area is 156 Å². The molecule has 0 amide bonds. The fourth-order valence-corrected chi connectivity index (χ4v) is 2.57. The lowest BCUT2D eigenvalue weighted by molar-refractivity contribution is -0.385. The molecule has 0 aliphatic carbocycles. The van der Waals surface area contributed by atoms with Crippen molar-refractivity contribution in [1.29, 1.82) is 0 Å². The van der Waals surface area contributed by atoms with Crippen LogP contribution in [0.4, 0.5) is 23.1 Å². The zero-order chi connectivity index (χ0) is 19.4. The second kappa shape index (κ2) is 7.77. The fraction of sp³-hybridized carbons (Fsp3) is 0.211. The maximum absolute atomic E-state index is 11.2. The van der Waals surface area contributed by atoms with Crippen molar-refractivity contribution in [2.24, 2.45) is 0 Å². The third kappa shape index (κ3) is 4.35. The molecule has 0 atom stereocenters. The molecule has 0 bridgehead atoms. The van der Waals surface area contributed by atoms with Crippen LogP contribution in [0.3, 0.4) is 0 Å². The largest absolute Gasteiger partial charge is 0.352 e. The summed E-state index contributed by atoms with van der Waals surface area (Å²) in [7, 11) is 0. The number of nitrogens with one attached hydrogen (secondary N) is 2. The molecule has 8 heteroatoms. The van der Waals surface area contributed by atoms with Gasteiger partial charge in [0, 0.05) is 30.1 Å². The number of nitro groups is 1. The predicted octanol–water partition coefficient (Wildman–Crippen LogP) is 4.32. The van der Waals surface area contributed by atoms with Gasteiger partial charge in [-0.15, -0.1) is 0 Å². The molecule has 27 heavy (non-hydrogen) atoms. The van der Waals surface area contributed by atoms with Crippen LogP contribution in [0.15, 0.2) is 48.7 Å². The Hall–Kier alpha value is -3.55. The number of rotatable bonds is 6. The molecule has 0 saturated carbocycles. The van der Waals surface area contributed by atoms with Crippen molar-refractivity contribution in [1.82, 2.24) is 15.0 Å².